The molecule has 1 heterocycles. The highest BCUT2D eigenvalue weighted by molar-refractivity contribution is 9.11. The molecule has 0 aliphatic rings. The summed E-state index contributed by atoms with van der Waals surface area (Å²) in [4.78, 5) is 0. The third-order valence-electron chi connectivity index (χ3n) is 2.76. The lowest BCUT2D eigenvalue weighted by Crippen LogP contribution is -2.04. The molecule has 0 aliphatic carbocycles. The molecule has 2 N–H and O–H groups in total. The lowest BCUT2D eigenvalue weighted by atomic mass is 10.2. The van der Waals surface area contributed by atoms with Gasteiger partial charge in [-0.3, -0.25) is 4.68 Å². The van der Waals surface area contributed by atoms with Crippen LogP contribution in [-0.2, 0) is 20.2 Å². The Morgan fingerprint density at radius 2 is 1.89 bits per heavy atom. The molecule has 0 amide bonds. The molecular formula is C13H15Br2N3O. The van der Waals surface area contributed by atoms with Crippen molar-refractivity contribution >= 4 is 31.9 Å². The number of hydrogen-bond acceptors (Lipinski definition) is 3. The number of aryl methyl sites for hydroxylation is 2. The molecule has 0 aliphatic heterocycles. The molecule has 0 radical (unpaired) electrons. The minimum absolute atomic E-state index is 0.469. The Morgan fingerprint density at radius 3 is 2.37 bits per heavy atom. The molecule has 102 valence electrons. The Labute approximate surface area is 129 Å². The molecule has 19 heavy (non-hydrogen) atoms. The van der Waals surface area contributed by atoms with Gasteiger partial charge in [-0.1, -0.05) is 0 Å². The summed E-state index contributed by atoms with van der Waals surface area (Å²) in [6.07, 6.45) is 0. The summed E-state index contributed by atoms with van der Waals surface area (Å²) in [6.45, 7) is 2.93. The molecule has 0 spiro atoms. The fourth-order valence-electron chi connectivity index (χ4n) is 1.81. The lowest BCUT2D eigenvalue weighted by Gasteiger charge is -2.11. The van der Waals surface area contributed by atoms with Crippen LogP contribution in [0, 0.1) is 6.92 Å². The smallest absolute Gasteiger partial charge is 0.148 e. The van der Waals surface area contributed by atoms with E-state index in [1.54, 1.807) is 0 Å². The third kappa shape index (κ3) is 3.38. The number of aromatic nitrogens is 2. The van der Waals surface area contributed by atoms with Gasteiger partial charge in [0.1, 0.15) is 12.4 Å². The van der Waals surface area contributed by atoms with Crippen molar-refractivity contribution in [2.24, 2.45) is 12.8 Å². The van der Waals surface area contributed by atoms with Crippen molar-refractivity contribution in [1.29, 1.82) is 0 Å². The monoisotopic (exact) mass is 387 g/mol. The predicted molar refractivity (Wildman–Crippen MR) is 82.0 cm³/mol. The Balaban J connectivity index is 2.18. The van der Waals surface area contributed by atoms with Gasteiger partial charge in [0.2, 0.25) is 0 Å². The van der Waals surface area contributed by atoms with Crippen molar-refractivity contribution in [3.8, 4) is 5.75 Å². The summed E-state index contributed by atoms with van der Waals surface area (Å²) < 4.78 is 9.46. The van der Waals surface area contributed by atoms with Crippen LogP contribution >= 0.6 is 31.9 Å². The van der Waals surface area contributed by atoms with Crippen LogP contribution in [0.15, 0.2) is 27.1 Å². The third-order valence-corrected chi connectivity index (χ3v) is 3.94. The van der Waals surface area contributed by atoms with Gasteiger partial charge >= 0.3 is 0 Å². The van der Waals surface area contributed by atoms with Gasteiger partial charge in [0, 0.05) is 13.6 Å². The fraction of sp³-hybridized carbons (Fsp3) is 0.308. The maximum Gasteiger partial charge on any atom is 0.148 e. The van der Waals surface area contributed by atoms with Crippen molar-refractivity contribution in [2.45, 2.75) is 20.1 Å². The van der Waals surface area contributed by atoms with E-state index in [-0.39, 0.29) is 0 Å². The number of ether oxygens (including phenoxy) is 1. The standard InChI is InChI=1S/C13H15Br2N3O/c1-8-3-10(18(2)17-8)7-19-13-11(14)4-9(6-16)5-12(13)15/h3-5H,6-7,16H2,1-2H3. The number of rotatable bonds is 4. The first-order valence-corrected chi connectivity index (χ1v) is 7.40. The van der Waals surface area contributed by atoms with Gasteiger partial charge < -0.3 is 10.5 Å². The first-order valence-electron chi connectivity index (χ1n) is 5.81. The number of nitrogens with zero attached hydrogens (tertiary/aromatic N) is 2. The second-order valence-electron chi connectivity index (χ2n) is 4.28. The lowest BCUT2D eigenvalue weighted by molar-refractivity contribution is 0.291. The van der Waals surface area contributed by atoms with Crippen molar-refractivity contribution in [3.63, 3.8) is 0 Å². The molecule has 6 heteroatoms. The molecule has 1 aromatic carbocycles. The molecule has 0 saturated heterocycles. The summed E-state index contributed by atoms with van der Waals surface area (Å²) in [5, 5.41) is 4.29. The van der Waals surface area contributed by atoms with Crippen LogP contribution in [0.5, 0.6) is 5.75 Å². The minimum atomic E-state index is 0.469. The summed E-state index contributed by atoms with van der Waals surface area (Å²) in [5.74, 6) is 0.774. The van der Waals surface area contributed by atoms with Crippen molar-refractivity contribution in [1.82, 2.24) is 9.78 Å². The van der Waals surface area contributed by atoms with Gasteiger partial charge in [-0.25, -0.2) is 0 Å². The second-order valence-corrected chi connectivity index (χ2v) is 5.99. The van der Waals surface area contributed by atoms with Crippen LogP contribution in [-0.4, -0.2) is 9.78 Å². The summed E-state index contributed by atoms with van der Waals surface area (Å²) in [5.41, 5.74) is 8.69. The van der Waals surface area contributed by atoms with Crippen LogP contribution in [0.2, 0.25) is 0 Å². The topological polar surface area (TPSA) is 53.1 Å². The van der Waals surface area contributed by atoms with Crippen LogP contribution in [0.1, 0.15) is 17.0 Å². The fourth-order valence-corrected chi connectivity index (χ4v) is 3.32. The average molecular weight is 389 g/mol. The molecule has 2 aromatic rings. The van der Waals surface area contributed by atoms with E-state index >= 15 is 0 Å². The van der Waals surface area contributed by atoms with E-state index in [1.165, 1.54) is 0 Å². The van der Waals surface area contributed by atoms with Crippen LogP contribution in [0.3, 0.4) is 0 Å². The molecule has 4 nitrogen and oxygen atoms in total. The molecule has 0 saturated carbocycles. The first kappa shape index (κ1) is 14.6. The van der Waals surface area contributed by atoms with Crippen LogP contribution < -0.4 is 10.5 Å². The van der Waals surface area contributed by atoms with Crippen molar-refractivity contribution < 1.29 is 4.74 Å². The number of benzene rings is 1. The van der Waals surface area contributed by atoms with Gasteiger partial charge in [0.15, 0.2) is 0 Å². The Hall–Kier alpha value is -0.850. The van der Waals surface area contributed by atoms with Gasteiger partial charge in [-0.05, 0) is 62.5 Å². The molecule has 1 aromatic heterocycles. The van der Waals surface area contributed by atoms with E-state index in [1.807, 2.05) is 36.9 Å². The average Bonchev–Trinajstić information content (AvgIpc) is 2.66. The second kappa shape index (κ2) is 6.07. The van der Waals surface area contributed by atoms with Gasteiger partial charge in [-0.15, -0.1) is 0 Å². The normalized spacial score (nSPS) is 10.8. The van der Waals surface area contributed by atoms with Crippen molar-refractivity contribution in [2.75, 3.05) is 0 Å². The van der Waals surface area contributed by atoms with Crippen molar-refractivity contribution in [3.05, 3.63) is 44.1 Å². The molecule has 0 unspecified atom stereocenters. The van der Waals surface area contributed by atoms with E-state index in [2.05, 4.69) is 37.0 Å². The largest absolute Gasteiger partial charge is 0.485 e. The Bertz CT molecular complexity index is 573. The molecule has 2 rings (SSSR count). The molecule has 0 fully saturated rings. The quantitative estimate of drug-likeness (QED) is 0.874. The van der Waals surface area contributed by atoms with Gasteiger partial charge in [0.25, 0.3) is 0 Å². The van der Waals surface area contributed by atoms with E-state index in [0.29, 0.717) is 13.2 Å². The Kier molecular flexibility index (Phi) is 4.65. The number of hydrogen-bond donors (Lipinski definition) is 1. The van der Waals surface area contributed by atoms with Gasteiger partial charge in [-0.2, -0.15) is 5.10 Å². The highest BCUT2D eigenvalue weighted by Crippen LogP contribution is 2.35. The predicted octanol–water partition coefficient (Wildman–Crippen LogP) is 3.29. The minimum Gasteiger partial charge on any atom is -0.485 e. The molecular weight excluding hydrogens is 374 g/mol. The van der Waals surface area contributed by atoms with Crippen LogP contribution in [0.25, 0.3) is 0 Å². The zero-order valence-electron chi connectivity index (χ0n) is 10.8. The van der Waals surface area contributed by atoms with E-state index < -0.39 is 0 Å². The molecule has 0 bridgehead atoms. The first-order chi connectivity index (χ1) is 9.01. The van der Waals surface area contributed by atoms with E-state index in [9.17, 15) is 0 Å². The van der Waals surface area contributed by atoms with Crippen LogP contribution in [0.4, 0.5) is 0 Å². The summed E-state index contributed by atoms with van der Waals surface area (Å²) >= 11 is 7.01. The summed E-state index contributed by atoms with van der Waals surface area (Å²) in [7, 11) is 1.91. The highest BCUT2D eigenvalue weighted by atomic mass is 79.9. The SMILES string of the molecule is Cc1cc(COc2c(Br)cc(CN)cc2Br)n(C)n1. The van der Waals surface area contributed by atoms with Gasteiger partial charge in [0.05, 0.1) is 20.3 Å². The maximum atomic E-state index is 5.85. The zero-order chi connectivity index (χ0) is 14.0. The Morgan fingerprint density at radius 1 is 1.26 bits per heavy atom. The summed E-state index contributed by atoms with van der Waals surface area (Å²) in [6, 6.07) is 5.94. The highest BCUT2D eigenvalue weighted by Gasteiger charge is 2.10. The maximum absolute atomic E-state index is 5.85. The molecule has 0 atom stereocenters. The number of nitrogens with two attached hydrogens (primary N) is 1. The van der Waals surface area contributed by atoms with E-state index in [4.69, 9.17) is 10.5 Å². The van der Waals surface area contributed by atoms with E-state index in [0.717, 1.165) is 31.6 Å². The zero-order valence-corrected chi connectivity index (χ0v) is 14.0. The number of halogens is 2.